The fourth-order valence-corrected chi connectivity index (χ4v) is 4.64. The number of phenolic OH excluding ortho intramolecular Hbond substituents is 1. The molecule has 2 aromatic carbocycles. The van der Waals surface area contributed by atoms with E-state index in [2.05, 4.69) is 20.5 Å². The third-order valence-corrected chi connectivity index (χ3v) is 6.88. The molecule has 0 spiro atoms. The molecule has 1 fully saturated rings. The van der Waals surface area contributed by atoms with Crippen LogP contribution in [-0.2, 0) is 4.79 Å². The van der Waals surface area contributed by atoms with Crippen LogP contribution >= 0.6 is 11.6 Å². The number of benzene rings is 2. The van der Waals surface area contributed by atoms with Crippen LogP contribution in [0.5, 0.6) is 5.75 Å². The molecule has 11 heteroatoms. The molecule has 40 heavy (non-hydrogen) atoms. The molecular weight excluding hydrogens is 530 g/mol. The van der Waals surface area contributed by atoms with Crippen LogP contribution in [0, 0.1) is 0 Å². The summed E-state index contributed by atoms with van der Waals surface area (Å²) in [6, 6.07) is 18.1. The van der Waals surface area contributed by atoms with Crippen molar-refractivity contribution in [3.05, 3.63) is 83.6 Å². The zero-order valence-electron chi connectivity index (χ0n) is 22.0. The van der Waals surface area contributed by atoms with Gasteiger partial charge in [0.15, 0.2) is 5.82 Å². The van der Waals surface area contributed by atoms with E-state index in [1.165, 1.54) is 6.92 Å². The van der Waals surface area contributed by atoms with E-state index in [1.54, 1.807) is 35.2 Å². The number of halogens is 1. The van der Waals surface area contributed by atoms with Gasteiger partial charge >= 0.3 is 0 Å². The van der Waals surface area contributed by atoms with Crippen molar-refractivity contribution in [3.63, 3.8) is 0 Å². The minimum Gasteiger partial charge on any atom is -0.507 e. The van der Waals surface area contributed by atoms with Gasteiger partial charge in [0.05, 0.1) is 5.56 Å². The van der Waals surface area contributed by atoms with Crippen molar-refractivity contribution in [2.75, 3.05) is 49.5 Å². The highest BCUT2D eigenvalue weighted by Gasteiger charge is 2.26. The zero-order chi connectivity index (χ0) is 28.1. The van der Waals surface area contributed by atoms with Gasteiger partial charge in [-0.3, -0.25) is 9.59 Å². The van der Waals surface area contributed by atoms with Crippen LogP contribution in [0.15, 0.2) is 73.1 Å². The maximum absolute atomic E-state index is 13.4. The topological polar surface area (TPSA) is 116 Å². The van der Waals surface area contributed by atoms with Crippen LogP contribution in [-0.4, -0.2) is 75.6 Å². The van der Waals surface area contributed by atoms with Crippen molar-refractivity contribution >= 4 is 35.1 Å². The summed E-state index contributed by atoms with van der Waals surface area (Å²) in [6.07, 6.45) is 3.78. The molecule has 0 bridgehead atoms. The number of nitrogens with one attached hydrogen (secondary N) is 2. The standard InChI is InChI=1S/C29H30ClN7O3/c1-20(38)31-10-11-32-26-19-27(34-28(33-26)21-4-6-22(30)7-5-21)36-14-16-37(17-15-36)29(40)24-18-23(8-9-25(24)39)35-12-2-3-13-35/h2-9,12-13,18-19,39H,10-11,14-17H2,1H3,(H,31,38)(H,32,33,34). The van der Waals surface area contributed by atoms with Crippen molar-refractivity contribution in [2.24, 2.45) is 0 Å². The van der Waals surface area contributed by atoms with Crippen LogP contribution in [0.4, 0.5) is 11.6 Å². The van der Waals surface area contributed by atoms with E-state index < -0.39 is 0 Å². The zero-order valence-corrected chi connectivity index (χ0v) is 22.8. The quantitative estimate of drug-likeness (QED) is 0.281. The average Bonchev–Trinajstić information content (AvgIpc) is 3.51. The number of anilines is 2. The Balaban J connectivity index is 1.32. The minimum atomic E-state index is -0.212. The highest BCUT2D eigenvalue weighted by Crippen LogP contribution is 2.26. The number of nitrogens with zero attached hydrogens (tertiary/aromatic N) is 5. The number of piperazine rings is 1. The van der Waals surface area contributed by atoms with Crippen molar-refractivity contribution < 1.29 is 14.7 Å². The largest absolute Gasteiger partial charge is 0.507 e. The van der Waals surface area contributed by atoms with Crippen LogP contribution in [0.3, 0.4) is 0 Å². The fraction of sp³-hybridized carbons (Fsp3) is 0.241. The normalized spacial score (nSPS) is 13.2. The lowest BCUT2D eigenvalue weighted by Gasteiger charge is -2.35. The van der Waals surface area contributed by atoms with E-state index in [0.29, 0.717) is 55.9 Å². The summed E-state index contributed by atoms with van der Waals surface area (Å²) in [7, 11) is 0. The van der Waals surface area contributed by atoms with Crippen molar-refractivity contribution in [3.8, 4) is 22.8 Å². The first-order valence-corrected chi connectivity index (χ1v) is 13.4. The molecule has 0 saturated carbocycles. The molecule has 4 aromatic rings. The minimum absolute atomic E-state index is 0.0401. The Labute approximate surface area is 237 Å². The average molecular weight is 560 g/mol. The lowest BCUT2D eigenvalue weighted by atomic mass is 10.1. The van der Waals surface area contributed by atoms with Gasteiger partial charge in [0.25, 0.3) is 5.91 Å². The van der Waals surface area contributed by atoms with Crippen molar-refractivity contribution in [2.45, 2.75) is 6.92 Å². The van der Waals surface area contributed by atoms with Gasteiger partial charge in [0.1, 0.15) is 17.4 Å². The second-order valence-corrected chi connectivity index (χ2v) is 9.86. The van der Waals surface area contributed by atoms with Crippen LogP contribution < -0.4 is 15.5 Å². The highest BCUT2D eigenvalue weighted by molar-refractivity contribution is 6.30. The molecular formula is C29H30ClN7O3. The predicted molar refractivity (Wildman–Crippen MR) is 155 cm³/mol. The molecule has 2 aromatic heterocycles. The number of rotatable bonds is 8. The summed E-state index contributed by atoms with van der Waals surface area (Å²) in [5.41, 5.74) is 1.90. The van der Waals surface area contributed by atoms with Crippen LogP contribution in [0.25, 0.3) is 17.1 Å². The predicted octanol–water partition coefficient (Wildman–Crippen LogP) is 3.80. The molecule has 1 aliphatic heterocycles. The fourth-order valence-electron chi connectivity index (χ4n) is 4.52. The maximum atomic E-state index is 13.4. The smallest absolute Gasteiger partial charge is 0.257 e. The molecule has 1 aliphatic rings. The Morgan fingerprint density at radius 1 is 0.950 bits per heavy atom. The van der Waals surface area contributed by atoms with Gasteiger partial charge in [-0.2, -0.15) is 0 Å². The van der Waals surface area contributed by atoms with Gasteiger partial charge in [-0.25, -0.2) is 9.97 Å². The molecule has 2 amide bonds. The van der Waals surface area contributed by atoms with Crippen molar-refractivity contribution in [1.29, 1.82) is 0 Å². The lowest BCUT2D eigenvalue weighted by molar-refractivity contribution is -0.118. The van der Waals surface area contributed by atoms with Gasteiger partial charge in [0.2, 0.25) is 5.91 Å². The van der Waals surface area contributed by atoms with Gasteiger partial charge in [-0.05, 0) is 54.6 Å². The first-order chi connectivity index (χ1) is 19.4. The molecule has 0 radical (unpaired) electrons. The second-order valence-electron chi connectivity index (χ2n) is 9.42. The molecule has 3 heterocycles. The molecule has 10 nitrogen and oxygen atoms in total. The molecule has 0 unspecified atom stereocenters. The first kappa shape index (κ1) is 27.0. The molecule has 3 N–H and O–H groups in total. The number of amides is 2. The van der Waals surface area contributed by atoms with E-state index in [0.717, 1.165) is 17.1 Å². The van der Waals surface area contributed by atoms with E-state index in [1.807, 2.05) is 47.3 Å². The second kappa shape index (κ2) is 12.1. The number of phenols is 1. The molecule has 1 saturated heterocycles. The summed E-state index contributed by atoms with van der Waals surface area (Å²) in [5.74, 6) is 1.56. The van der Waals surface area contributed by atoms with Crippen LogP contribution in [0.2, 0.25) is 5.02 Å². The summed E-state index contributed by atoms with van der Waals surface area (Å²) >= 11 is 6.08. The van der Waals surface area contributed by atoms with Crippen molar-refractivity contribution in [1.82, 2.24) is 24.8 Å². The Morgan fingerprint density at radius 2 is 1.68 bits per heavy atom. The SMILES string of the molecule is CC(=O)NCCNc1cc(N2CCN(C(=O)c3cc(-n4cccc4)ccc3O)CC2)nc(-c2ccc(Cl)cc2)n1. The monoisotopic (exact) mass is 559 g/mol. The van der Waals surface area contributed by atoms with E-state index in [9.17, 15) is 14.7 Å². The van der Waals surface area contributed by atoms with Crippen LogP contribution in [0.1, 0.15) is 17.3 Å². The Morgan fingerprint density at radius 3 is 2.38 bits per heavy atom. The number of hydrogen-bond acceptors (Lipinski definition) is 7. The van der Waals surface area contributed by atoms with Gasteiger partial charge < -0.3 is 30.1 Å². The summed E-state index contributed by atoms with van der Waals surface area (Å²) in [5, 5.41) is 17.1. The van der Waals surface area contributed by atoms with E-state index in [4.69, 9.17) is 16.6 Å². The Hall–Kier alpha value is -4.57. The number of aromatic hydroxyl groups is 1. The maximum Gasteiger partial charge on any atom is 0.257 e. The molecule has 0 aliphatic carbocycles. The Kier molecular flexibility index (Phi) is 8.16. The summed E-state index contributed by atoms with van der Waals surface area (Å²) in [4.78, 5) is 37.9. The Bertz CT molecular complexity index is 1480. The summed E-state index contributed by atoms with van der Waals surface area (Å²) < 4.78 is 1.89. The number of aromatic nitrogens is 3. The molecule has 5 rings (SSSR count). The third-order valence-electron chi connectivity index (χ3n) is 6.62. The van der Waals surface area contributed by atoms with Gasteiger partial charge in [0, 0.05) is 80.9 Å². The van der Waals surface area contributed by atoms with Gasteiger partial charge in [-0.1, -0.05) is 11.6 Å². The highest BCUT2D eigenvalue weighted by atomic mass is 35.5. The third kappa shape index (κ3) is 6.35. The van der Waals surface area contributed by atoms with E-state index >= 15 is 0 Å². The first-order valence-electron chi connectivity index (χ1n) is 13.0. The number of carbonyl (C=O) groups excluding carboxylic acids is 2. The molecule has 0 atom stereocenters. The van der Waals surface area contributed by atoms with Gasteiger partial charge in [-0.15, -0.1) is 0 Å². The lowest BCUT2D eigenvalue weighted by Crippen LogP contribution is -2.49. The summed E-state index contributed by atoms with van der Waals surface area (Å²) in [6.45, 7) is 4.51. The number of carbonyl (C=O) groups is 2. The number of hydrogen-bond donors (Lipinski definition) is 3. The van der Waals surface area contributed by atoms with E-state index in [-0.39, 0.29) is 23.1 Å². The molecule has 206 valence electrons.